The Balaban J connectivity index is 2.08. The third kappa shape index (κ3) is 3.66. The lowest BCUT2D eigenvalue weighted by Crippen LogP contribution is -2.41. The molecule has 1 atom stereocenters. The van der Waals surface area contributed by atoms with Crippen molar-refractivity contribution in [3.63, 3.8) is 0 Å². The van der Waals surface area contributed by atoms with Crippen LogP contribution in [0.1, 0.15) is 6.92 Å². The molecule has 0 spiro atoms. The Morgan fingerprint density at radius 3 is 2.86 bits per heavy atom. The van der Waals surface area contributed by atoms with Gasteiger partial charge >= 0.3 is 6.03 Å². The molecule has 0 saturated carbocycles. The van der Waals surface area contributed by atoms with Gasteiger partial charge in [-0.25, -0.2) is 9.78 Å². The van der Waals surface area contributed by atoms with Crippen molar-refractivity contribution in [2.75, 3.05) is 14.2 Å². The van der Waals surface area contributed by atoms with Gasteiger partial charge in [-0.1, -0.05) is 11.8 Å². The molecule has 3 N–H and O–H groups in total. The lowest BCUT2D eigenvalue weighted by Gasteiger charge is -2.08. The predicted molar refractivity (Wildman–Crippen MR) is 80.6 cm³/mol. The number of nitrogens with one attached hydrogen (secondary N) is 3. The lowest BCUT2D eigenvalue weighted by molar-refractivity contribution is -0.119. The number of imidazole rings is 1. The summed E-state index contributed by atoms with van der Waals surface area (Å²) in [6, 6.07) is 4.96. The second-order valence-electron chi connectivity index (χ2n) is 4.25. The summed E-state index contributed by atoms with van der Waals surface area (Å²) in [5, 5.41) is 4.72. The van der Waals surface area contributed by atoms with Gasteiger partial charge in [-0.05, 0) is 19.1 Å². The van der Waals surface area contributed by atoms with Crippen LogP contribution in [-0.4, -0.2) is 41.3 Å². The van der Waals surface area contributed by atoms with E-state index in [1.807, 2.05) is 18.2 Å². The molecule has 8 heteroatoms. The summed E-state index contributed by atoms with van der Waals surface area (Å²) in [7, 11) is 3.05. The number of aromatic nitrogens is 2. The molecular formula is C13H16N4O3S. The van der Waals surface area contributed by atoms with Crippen molar-refractivity contribution >= 4 is 34.7 Å². The average Bonchev–Trinajstić information content (AvgIpc) is 2.87. The van der Waals surface area contributed by atoms with E-state index in [1.165, 1.54) is 18.8 Å². The van der Waals surface area contributed by atoms with Crippen LogP contribution in [0.4, 0.5) is 4.79 Å². The summed E-state index contributed by atoms with van der Waals surface area (Å²) >= 11 is 1.24. The van der Waals surface area contributed by atoms with Crippen LogP contribution in [0.25, 0.3) is 11.0 Å². The molecule has 3 amide bonds. The van der Waals surface area contributed by atoms with Gasteiger partial charge in [0.05, 0.1) is 23.4 Å². The van der Waals surface area contributed by atoms with E-state index < -0.39 is 11.3 Å². The molecule has 7 nitrogen and oxygen atoms in total. The topological polar surface area (TPSA) is 96.1 Å². The summed E-state index contributed by atoms with van der Waals surface area (Å²) < 4.78 is 5.14. The molecule has 2 rings (SSSR count). The minimum Gasteiger partial charge on any atom is -0.497 e. The second-order valence-corrected chi connectivity index (χ2v) is 5.58. The molecule has 0 aliphatic rings. The Labute approximate surface area is 125 Å². The van der Waals surface area contributed by atoms with Crippen LogP contribution in [-0.2, 0) is 4.79 Å². The number of aromatic amines is 1. The fourth-order valence-electron chi connectivity index (χ4n) is 1.65. The van der Waals surface area contributed by atoms with Gasteiger partial charge in [0.1, 0.15) is 5.75 Å². The van der Waals surface area contributed by atoms with Crippen molar-refractivity contribution < 1.29 is 14.3 Å². The van der Waals surface area contributed by atoms with E-state index >= 15 is 0 Å². The SMILES string of the molecule is CNC(=O)NC(=O)C(C)Sc1nc2ccc(OC)cc2[nH]1. The largest absolute Gasteiger partial charge is 0.497 e. The van der Waals surface area contributed by atoms with Crippen LogP contribution < -0.4 is 15.4 Å². The van der Waals surface area contributed by atoms with E-state index in [-0.39, 0.29) is 5.91 Å². The predicted octanol–water partition coefficient (Wildman–Crippen LogP) is 1.51. The zero-order valence-electron chi connectivity index (χ0n) is 11.9. The number of thioether (sulfide) groups is 1. The molecule has 0 aliphatic heterocycles. The normalized spacial score (nSPS) is 12.0. The zero-order valence-corrected chi connectivity index (χ0v) is 12.7. The van der Waals surface area contributed by atoms with Gasteiger partial charge in [-0.2, -0.15) is 0 Å². The molecule has 0 bridgehead atoms. The lowest BCUT2D eigenvalue weighted by atomic mass is 10.3. The van der Waals surface area contributed by atoms with Crippen LogP contribution in [0.5, 0.6) is 5.75 Å². The monoisotopic (exact) mass is 308 g/mol. The number of carbonyl (C=O) groups excluding carboxylic acids is 2. The Kier molecular flexibility index (Phi) is 4.69. The number of hydrogen-bond donors (Lipinski definition) is 3. The van der Waals surface area contributed by atoms with Crippen LogP contribution in [0.2, 0.25) is 0 Å². The van der Waals surface area contributed by atoms with Crippen molar-refractivity contribution in [2.24, 2.45) is 0 Å². The molecule has 0 fully saturated rings. The summed E-state index contributed by atoms with van der Waals surface area (Å²) in [4.78, 5) is 30.4. The molecule has 1 unspecified atom stereocenters. The van der Waals surface area contributed by atoms with Gasteiger partial charge in [0.15, 0.2) is 5.16 Å². The fraction of sp³-hybridized carbons (Fsp3) is 0.308. The number of fused-ring (bicyclic) bond motifs is 1. The number of methoxy groups -OCH3 is 1. The number of amides is 3. The first kappa shape index (κ1) is 15.2. The molecule has 1 heterocycles. The van der Waals surface area contributed by atoms with E-state index in [0.717, 1.165) is 16.8 Å². The van der Waals surface area contributed by atoms with Crippen molar-refractivity contribution in [3.8, 4) is 5.75 Å². The molecule has 21 heavy (non-hydrogen) atoms. The number of ether oxygens (including phenoxy) is 1. The van der Waals surface area contributed by atoms with Gasteiger partial charge in [0, 0.05) is 13.1 Å². The minimum absolute atomic E-state index is 0.377. The number of carbonyl (C=O) groups is 2. The molecule has 0 saturated heterocycles. The highest BCUT2D eigenvalue weighted by atomic mass is 32.2. The highest BCUT2D eigenvalue weighted by molar-refractivity contribution is 8.00. The summed E-state index contributed by atoms with van der Waals surface area (Å²) in [6.45, 7) is 1.71. The quantitative estimate of drug-likeness (QED) is 0.744. The van der Waals surface area contributed by atoms with Crippen molar-refractivity contribution in [1.82, 2.24) is 20.6 Å². The van der Waals surface area contributed by atoms with E-state index in [4.69, 9.17) is 4.74 Å². The molecule has 0 radical (unpaired) electrons. The highest BCUT2D eigenvalue weighted by Gasteiger charge is 2.18. The van der Waals surface area contributed by atoms with E-state index in [9.17, 15) is 9.59 Å². The first-order valence-electron chi connectivity index (χ1n) is 6.26. The minimum atomic E-state index is -0.526. The average molecular weight is 308 g/mol. The fourth-order valence-corrected chi connectivity index (χ4v) is 2.47. The second kappa shape index (κ2) is 6.49. The zero-order chi connectivity index (χ0) is 15.4. The standard InChI is InChI=1S/C13H16N4O3S/c1-7(11(18)17-12(19)14-2)21-13-15-9-5-4-8(20-3)6-10(9)16-13/h4-7H,1-3H3,(H,15,16)(H2,14,17,18,19). The number of nitrogens with zero attached hydrogens (tertiary/aromatic N) is 1. The molecule has 1 aromatic carbocycles. The van der Waals surface area contributed by atoms with E-state index in [0.29, 0.717) is 5.16 Å². The Morgan fingerprint density at radius 2 is 2.19 bits per heavy atom. The maximum absolute atomic E-state index is 11.8. The van der Waals surface area contributed by atoms with Gasteiger partial charge in [-0.3, -0.25) is 10.1 Å². The molecule has 2 aromatic rings. The molecule has 112 valence electrons. The van der Waals surface area contributed by atoms with E-state index in [2.05, 4.69) is 20.6 Å². The van der Waals surface area contributed by atoms with Crippen LogP contribution in [0.3, 0.4) is 0 Å². The van der Waals surface area contributed by atoms with E-state index in [1.54, 1.807) is 14.0 Å². The number of hydrogen-bond acceptors (Lipinski definition) is 5. The summed E-state index contributed by atoms with van der Waals surface area (Å²) in [5.41, 5.74) is 1.62. The van der Waals surface area contributed by atoms with Crippen molar-refractivity contribution in [1.29, 1.82) is 0 Å². The third-order valence-electron chi connectivity index (χ3n) is 2.79. The van der Waals surface area contributed by atoms with Crippen molar-refractivity contribution in [2.45, 2.75) is 17.3 Å². The summed E-state index contributed by atoms with van der Waals surface area (Å²) in [6.07, 6.45) is 0. The third-order valence-corrected chi connectivity index (χ3v) is 3.77. The molecule has 0 aliphatic carbocycles. The van der Waals surface area contributed by atoms with Gasteiger partial charge < -0.3 is 15.0 Å². The van der Waals surface area contributed by atoms with Gasteiger partial charge in [0.2, 0.25) is 5.91 Å². The Bertz CT molecular complexity index is 670. The smallest absolute Gasteiger partial charge is 0.321 e. The number of urea groups is 1. The number of H-pyrrole nitrogens is 1. The number of benzene rings is 1. The highest BCUT2D eigenvalue weighted by Crippen LogP contribution is 2.25. The maximum atomic E-state index is 11.8. The Morgan fingerprint density at radius 1 is 1.43 bits per heavy atom. The maximum Gasteiger partial charge on any atom is 0.321 e. The Hall–Kier alpha value is -2.22. The van der Waals surface area contributed by atoms with Crippen LogP contribution in [0, 0.1) is 0 Å². The number of imide groups is 1. The van der Waals surface area contributed by atoms with Gasteiger partial charge in [0.25, 0.3) is 0 Å². The molecular weight excluding hydrogens is 292 g/mol. The summed E-state index contributed by atoms with van der Waals surface area (Å²) in [5.74, 6) is 0.352. The molecule has 1 aromatic heterocycles. The van der Waals surface area contributed by atoms with Crippen molar-refractivity contribution in [3.05, 3.63) is 18.2 Å². The van der Waals surface area contributed by atoms with Crippen LogP contribution in [0.15, 0.2) is 23.4 Å². The van der Waals surface area contributed by atoms with Gasteiger partial charge in [-0.15, -0.1) is 0 Å². The first-order valence-corrected chi connectivity index (χ1v) is 7.14. The van der Waals surface area contributed by atoms with Crippen LogP contribution >= 0.6 is 11.8 Å². The number of rotatable bonds is 4. The first-order chi connectivity index (χ1) is 10.0.